The van der Waals surface area contributed by atoms with Crippen LogP contribution in [-0.4, -0.2) is 37.7 Å². The number of halogens is 1. The molecule has 2 aliphatic heterocycles. The van der Waals surface area contributed by atoms with Crippen LogP contribution in [0.25, 0.3) is 0 Å². The predicted molar refractivity (Wildman–Crippen MR) is 84.0 cm³/mol. The summed E-state index contributed by atoms with van der Waals surface area (Å²) in [7, 11) is 0. The Morgan fingerprint density at radius 3 is 2.95 bits per heavy atom. The molecule has 0 bridgehead atoms. The van der Waals surface area contributed by atoms with E-state index in [9.17, 15) is 0 Å². The summed E-state index contributed by atoms with van der Waals surface area (Å²) in [5, 5.41) is 0.642. The van der Waals surface area contributed by atoms with Crippen LogP contribution in [0.2, 0.25) is 5.02 Å². The molecule has 0 spiro atoms. The minimum absolute atomic E-state index is 0.564. The molecule has 4 nitrogen and oxygen atoms in total. The highest BCUT2D eigenvalue weighted by molar-refractivity contribution is 6.32. The summed E-state index contributed by atoms with van der Waals surface area (Å²) >= 11 is 6.30. The van der Waals surface area contributed by atoms with E-state index in [1.54, 1.807) is 0 Å². The van der Waals surface area contributed by atoms with E-state index >= 15 is 0 Å². The topological polar surface area (TPSA) is 47.7 Å². The zero-order valence-electron chi connectivity index (χ0n) is 12.5. The molecule has 5 heteroatoms. The second-order valence-corrected chi connectivity index (χ2v) is 6.51. The molecule has 0 aliphatic carbocycles. The number of hydrogen-bond donors (Lipinski definition) is 1. The summed E-state index contributed by atoms with van der Waals surface area (Å²) in [6.07, 6.45) is 1.21. The van der Waals surface area contributed by atoms with Crippen molar-refractivity contribution in [3.8, 4) is 11.5 Å². The fraction of sp³-hybridized carbons (Fsp3) is 0.625. The number of fused-ring (bicyclic) bond motifs is 1. The summed E-state index contributed by atoms with van der Waals surface area (Å²) in [6, 6.07) is 4.04. The van der Waals surface area contributed by atoms with Crippen molar-refractivity contribution in [1.29, 1.82) is 0 Å². The van der Waals surface area contributed by atoms with Gasteiger partial charge in [-0.1, -0.05) is 18.5 Å². The molecule has 116 valence electrons. The van der Waals surface area contributed by atoms with Crippen LogP contribution in [0.4, 0.5) is 0 Å². The zero-order chi connectivity index (χ0) is 14.8. The number of benzene rings is 1. The van der Waals surface area contributed by atoms with E-state index in [1.807, 2.05) is 6.07 Å². The van der Waals surface area contributed by atoms with Gasteiger partial charge >= 0.3 is 0 Å². The van der Waals surface area contributed by atoms with E-state index in [0.29, 0.717) is 29.9 Å². The molecule has 2 atom stereocenters. The minimum Gasteiger partial charge on any atom is -0.486 e. The second kappa shape index (κ2) is 6.42. The number of rotatable bonds is 3. The van der Waals surface area contributed by atoms with Crippen LogP contribution in [0.1, 0.15) is 18.9 Å². The Balaban J connectivity index is 1.72. The summed E-state index contributed by atoms with van der Waals surface area (Å²) in [5.74, 6) is 2.75. The van der Waals surface area contributed by atoms with Gasteiger partial charge in [-0.2, -0.15) is 0 Å². The first-order valence-electron chi connectivity index (χ1n) is 7.68. The van der Waals surface area contributed by atoms with Gasteiger partial charge in [-0.05, 0) is 49.0 Å². The van der Waals surface area contributed by atoms with Crippen molar-refractivity contribution in [3.63, 3.8) is 0 Å². The van der Waals surface area contributed by atoms with Crippen LogP contribution in [-0.2, 0) is 6.54 Å². The van der Waals surface area contributed by atoms with Gasteiger partial charge in [0, 0.05) is 13.1 Å². The molecule has 2 aliphatic rings. The Hall–Kier alpha value is -0.970. The number of likely N-dealkylation sites (tertiary alicyclic amines) is 1. The molecule has 3 rings (SSSR count). The third-order valence-electron chi connectivity index (χ3n) is 4.56. The normalized spacial score (nSPS) is 25.9. The van der Waals surface area contributed by atoms with Crippen molar-refractivity contribution in [2.24, 2.45) is 17.6 Å². The molecule has 0 saturated carbocycles. The van der Waals surface area contributed by atoms with Crippen LogP contribution in [0, 0.1) is 11.8 Å². The Morgan fingerprint density at radius 1 is 1.33 bits per heavy atom. The molecule has 2 unspecified atom stereocenters. The lowest BCUT2D eigenvalue weighted by molar-refractivity contribution is 0.125. The summed E-state index contributed by atoms with van der Waals surface area (Å²) in [5.41, 5.74) is 7.06. The first-order chi connectivity index (χ1) is 10.2. The maximum Gasteiger partial charge on any atom is 0.179 e. The van der Waals surface area contributed by atoms with Gasteiger partial charge in [0.25, 0.3) is 0 Å². The van der Waals surface area contributed by atoms with Crippen molar-refractivity contribution in [3.05, 3.63) is 22.7 Å². The molecule has 21 heavy (non-hydrogen) atoms. The first kappa shape index (κ1) is 14.9. The average Bonchev–Trinajstić information content (AvgIpc) is 2.49. The highest BCUT2D eigenvalue weighted by Gasteiger charge is 2.25. The van der Waals surface area contributed by atoms with Gasteiger partial charge in [-0.3, -0.25) is 4.90 Å². The van der Waals surface area contributed by atoms with Crippen LogP contribution < -0.4 is 15.2 Å². The molecule has 2 heterocycles. The van der Waals surface area contributed by atoms with Gasteiger partial charge in [-0.25, -0.2) is 0 Å². The molecule has 0 aromatic heterocycles. The van der Waals surface area contributed by atoms with Gasteiger partial charge in [0.2, 0.25) is 0 Å². The summed E-state index contributed by atoms with van der Waals surface area (Å²) in [4.78, 5) is 2.46. The Bertz CT molecular complexity index is 509. The van der Waals surface area contributed by atoms with E-state index in [-0.39, 0.29) is 0 Å². The number of nitrogens with zero attached hydrogens (tertiary/aromatic N) is 1. The molecule has 1 fully saturated rings. The summed E-state index contributed by atoms with van der Waals surface area (Å²) < 4.78 is 11.2. The fourth-order valence-electron chi connectivity index (χ4n) is 3.19. The number of hydrogen-bond acceptors (Lipinski definition) is 4. The zero-order valence-corrected chi connectivity index (χ0v) is 13.2. The average molecular weight is 311 g/mol. The molecule has 0 amide bonds. The van der Waals surface area contributed by atoms with E-state index in [1.165, 1.54) is 12.0 Å². The van der Waals surface area contributed by atoms with Crippen molar-refractivity contribution in [2.45, 2.75) is 19.9 Å². The van der Waals surface area contributed by atoms with Crippen LogP contribution in [0.3, 0.4) is 0 Å². The Labute approximate surface area is 131 Å². The molecule has 1 aromatic carbocycles. The SMILES string of the molecule is CC1CCN(Cc2cc(Cl)c3c(c2)OCCO3)CC1CN. The first-order valence-corrected chi connectivity index (χ1v) is 8.05. The van der Waals surface area contributed by atoms with Gasteiger partial charge in [0.1, 0.15) is 13.2 Å². The minimum atomic E-state index is 0.564. The van der Waals surface area contributed by atoms with Gasteiger partial charge in [-0.15, -0.1) is 0 Å². The van der Waals surface area contributed by atoms with Gasteiger partial charge in [0.15, 0.2) is 11.5 Å². The van der Waals surface area contributed by atoms with Gasteiger partial charge in [0.05, 0.1) is 5.02 Å². The lowest BCUT2D eigenvalue weighted by Crippen LogP contribution is -2.42. The molecule has 1 aromatic rings. The van der Waals surface area contributed by atoms with Crippen molar-refractivity contribution >= 4 is 11.6 Å². The standard InChI is InChI=1S/C16H23ClN2O2/c1-11-2-3-19(10-13(11)8-18)9-12-6-14(17)16-15(7-12)20-4-5-21-16/h6-7,11,13H,2-5,8-10,18H2,1H3. The van der Waals surface area contributed by atoms with Crippen molar-refractivity contribution in [1.82, 2.24) is 4.90 Å². The molecule has 2 N–H and O–H groups in total. The smallest absolute Gasteiger partial charge is 0.179 e. The van der Waals surface area contributed by atoms with Crippen LogP contribution >= 0.6 is 11.6 Å². The van der Waals surface area contributed by atoms with Gasteiger partial charge < -0.3 is 15.2 Å². The highest BCUT2D eigenvalue weighted by atomic mass is 35.5. The van der Waals surface area contributed by atoms with Crippen LogP contribution in [0.15, 0.2) is 12.1 Å². The predicted octanol–water partition coefficient (Wildman–Crippen LogP) is 2.53. The second-order valence-electron chi connectivity index (χ2n) is 6.10. The van der Waals surface area contributed by atoms with E-state index in [2.05, 4.69) is 17.9 Å². The Kier molecular flexibility index (Phi) is 4.57. The monoisotopic (exact) mass is 310 g/mol. The quantitative estimate of drug-likeness (QED) is 0.932. The summed E-state index contributed by atoms with van der Waals surface area (Å²) in [6.45, 7) is 7.28. The lowest BCUT2D eigenvalue weighted by atomic mass is 9.87. The van der Waals surface area contributed by atoms with E-state index in [4.69, 9.17) is 26.8 Å². The van der Waals surface area contributed by atoms with Crippen LogP contribution in [0.5, 0.6) is 11.5 Å². The maximum absolute atomic E-state index is 6.30. The number of piperidine rings is 1. The molecule has 1 saturated heterocycles. The van der Waals surface area contributed by atoms with Crippen molar-refractivity contribution < 1.29 is 9.47 Å². The molecular weight excluding hydrogens is 288 g/mol. The lowest BCUT2D eigenvalue weighted by Gasteiger charge is -2.36. The highest BCUT2D eigenvalue weighted by Crippen LogP contribution is 2.38. The van der Waals surface area contributed by atoms with E-state index < -0.39 is 0 Å². The third-order valence-corrected chi connectivity index (χ3v) is 4.84. The Morgan fingerprint density at radius 2 is 2.14 bits per heavy atom. The largest absolute Gasteiger partial charge is 0.486 e. The maximum atomic E-state index is 6.30. The molecular formula is C16H23ClN2O2. The number of ether oxygens (including phenoxy) is 2. The van der Waals surface area contributed by atoms with Crippen molar-refractivity contribution in [2.75, 3.05) is 32.8 Å². The van der Waals surface area contributed by atoms with E-state index in [0.717, 1.165) is 37.8 Å². The fourth-order valence-corrected chi connectivity index (χ4v) is 3.48. The number of nitrogens with two attached hydrogens (primary N) is 1. The third kappa shape index (κ3) is 3.28. The molecule has 0 radical (unpaired) electrons.